The third-order valence-corrected chi connectivity index (χ3v) is 7.71. The number of fused-ring (bicyclic) bond motifs is 4. The molecule has 5 nitrogen and oxygen atoms in total. The van der Waals surface area contributed by atoms with Crippen molar-refractivity contribution in [2.24, 2.45) is 10.9 Å². The maximum atomic E-state index is 13.5. The SMILES string of the molecule is C/C=C1/CC2OC(CO)C=CCC3CCC(CC)C(=O)c4cc([nH]c43)-c3cccc(c31)N=C2C. The molecular weight excluding hydrogens is 424 g/mol. The monoisotopic (exact) mass is 458 g/mol. The van der Waals surface area contributed by atoms with Crippen molar-refractivity contribution >= 4 is 22.8 Å². The second-order valence-corrected chi connectivity index (χ2v) is 9.73. The van der Waals surface area contributed by atoms with E-state index in [-0.39, 0.29) is 30.3 Å². The average Bonchev–Trinajstić information content (AvgIpc) is 3.18. The normalized spacial score (nSPS) is 27.8. The Morgan fingerprint density at radius 3 is 2.88 bits per heavy atom. The Morgan fingerprint density at radius 1 is 1.26 bits per heavy atom. The molecule has 34 heavy (non-hydrogen) atoms. The van der Waals surface area contributed by atoms with Crippen LogP contribution in [0.5, 0.6) is 0 Å². The molecule has 0 radical (unpaired) electrons. The molecule has 2 aromatic rings. The number of hydrogen-bond acceptors (Lipinski definition) is 4. The number of allylic oxidation sites excluding steroid dienone is 2. The lowest BCUT2D eigenvalue weighted by Crippen LogP contribution is -2.29. The summed E-state index contributed by atoms with van der Waals surface area (Å²) < 4.78 is 6.38. The molecule has 2 aliphatic heterocycles. The van der Waals surface area contributed by atoms with E-state index in [4.69, 9.17) is 9.73 Å². The fraction of sp³-hybridized carbons (Fsp3) is 0.448. The quantitative estimate of drug-likeness (QED) is 0.513. The number of H-pyrrole nitrogens is 1. The maximum Gasteiger partial charge on any atom is 0.167 e. The number of ketones is 1. The third kappa shape index (κ3) is 4.01. The van der Waals surface area contributed by atoms with Crippen molar-refractivity contribution < 1.29 is 14.6 Å². The molecule has 4 bridgehead atoms. The van der Waals surface area contributed by atoms with Crippen LogP contribution in [0.25, 0.3) is 16.8 Å². The van der Waals surface area contributed by atoms with E-state index >= 15 is 0 Å². The van der Waals surface area contributed by atoms with E-state index in [0.717, 1.165) is 70.7 Å². The Hall–Kier alpha value is -2.76. The van der Waals surface area contributed by atoms with Gasteiger partial charge in [0, 0.05) is 52.0 Å². The van der Waals surface area contributed by atoms with Crippen LogP contribution in [0, 0.1) is 5.92 Å². The number of nitrogens with one attached hydrogen (secondary N) is 1. The van der Waals surface area contributed by atoms with Gasteiger partial charge in [0.25, 0.3) is 0 Å². The van der Waals surface area contributed by atoms with E-state index in [1.807, 2.05) is 25.1 Å². The second kappa shape index (κ2) is 9.47. The van der Waals surface area contributed by atoms with Gasteiger partial charge in [0.1, 0.15) is 6.10 Å². The summed E-state index contributed by atoms with van der Waals surface area (Å²) in [4.78, 5) is 22.1. The van der Waals surface area contributed by atoms with Crippen LogP contribution in [0.1, 0.15) is 80.4 Å². The molecule has 0 saturated carbocycles. The first-order chi connectivity index (χ1) is 16.5. The summed E-state index contributed by atoms with van der Waals surface area (Å²) in [6.45, 7) is 6.08. The molecule has 1 aliphatic carbocycles. The van der Waals surface area contributed by atoms with Crippen molar-refractivity contribution in [1.29, 1.82) is 0 Å². The predicted molar refractivity (Wildman–Crippen MR) is 137 cm³/mol. The minimum atomic E-state index is -0.397. The largest absolute Gasteiger partial charge is 0.393 e. The van der Waals surface area contributed by atoms with E-state index in [0.29, 0.717) is 6.42 Å². The molecule has 178 valence electrons. The summed E-state index contributed by atoms with van der Waals surface area (Å²) in [6.07, 6.45) is 9.83. The highest BCUT2D eigenvalue weighted by molar-refractivity contribution is 6.02. The summed E-state index contributed by atoms with van der Waals surface area (Å²) in [7, 11) is 0. The number of hydrogen-bond donors (Lipinski definition) is 2. The lowest BCUT2D eigenvalue weighted by Gasteiger charge is -2.22. The highest BCUT2D eigenvalue weighted by Gasteiger charge is 2.32. The molecule has 0 fully saturated rings. The second-order valence-electron chi connectivity index (χ2n) is 9.73. The van der Waals surface area contributed by atoms with E-state index in [1.54, 1.807) is 0 Å². The third-order valence-electron chi connectivity index (χ3n) is 7.71. The zero-order valence-corrected chi connectivity index (χ0v) is 20.3. The number of aliphatic imine (C=N–C) groups is 1. The van der Waals surface area contributed by atoms with Crippen molar-refractivity contribution in [1.82, 2.24) is 4.98 Å². The number of aromatic nitrogens is 1. The standard InChI is InChI=1S/C29H34N2O3/c1-4-18-12-13-20-8-6-9-21(16-32)34-26-14-19(5-2)27-22(10-7-11-24(27)30-17(26)3)25-15-23(29(18)33)28(20)31-25/h5-7,9-11,15,18,20-21,26,31-32H,4,8,12-14,16H2,1-3H3/b9-6?,19-5-. The Bertz CT molecular complexity index is 1190. The summed E-state index contributed by atoms with van der Waals surface area (Å²) in [6, 6.07) is 8.29. The van der Waals surface area contributed by atoms with Crippen LogP contribution < -0.4 is 0 Å². The summed E-state index contributed by atoms with van der Waals surface area (Å²) >= 11 is 0. The van der Waals surface area contributed by atoms with E-state index in [9.17, 15) is 9.90 Å². The predicted octanol–water partition coefficient (Wildman–Crippen LogP) is 6.37. The van der Waals surface area contributed by atoms with Crippen molar-refractivity contribution in [3.05, 3.63) is 59.3 Å². The van der Waals surface area contributed by atoms with Crippen molar-refractivity contribution in [2.75, 3.05) is 6.61 Å². The van der Waals surface area contributed by atoms with E-state index in [2.05, 4.69) is 43.1 Å². The van der Waals surface area contributed by atoms with Crippen LogP contribution in [-0.2, 0) is 4.74 Å². The topological polar surface area (TPSA) is 74.7 Å². The van der Waals surface area contributed by atoms with E-state index < -0.39 is 6.10 Å². The van der Waals surface area contributed by atoms with Gasteiger partial charge in [-0.3, -0.25) is 9.79 Å². The first-order valence-electron chi connectivity index (χ1n) is 12.6. The van der Waals surface area contributed by atoms with Crippen LogP contribution in [0.15, 0.2) is 47.5 Å². The number of aromatic amines is 1. The summed E-state index contributed by atoms with van der Waals surface area (Å²) in [5, 5.41) is 10.0. The highest BCUT2D eigenvalue weighted by atomic mass is 16.5. The molecule has 0 amide bonds. The fourth-order valence-corrected chi connectivity index (χ4v) is 5.73. The molecule has 4 atom stereocenters. The minimum absolute atomic E-state index is 0.0655. The number of Topliss-reactive ketones (excluding diaryl/α,β-unsaturated/α-hetero) is 1. The van der Waals surface area contributed by atoms with Gasteiger partial charge in [0.05, 0.1) is 18.4 Å². The van der Waals surface area contributed by atoms with Crippen LogP contribution in [0.4, 0.5) is 5.69 Å². The number of benzene rings is 1. The lowest BCUT2D eigenvalue weighted by atomic mass is 9.91. The molecule has 3 heterocycles. The van der Waals surface area contributed by atoms with Crippen LogP contribution in [-0.4, -0.2) is 40.4 Å². The number of rotatable bonds is 2. The van der Waals surface area contributed by atoms with Crippen molar-refractivity contribution in [3.8, 4) is 11.3 Å². The minimum Gasteiger partial charge on any atom is -0.393 e. The zero-order chi connectivity index (χ0) is 23.8. The Labute approximate surface area is 201 Å². The number of ether oxygens (including phenoxy) is 1. The fourth-order valence-electron chi connectivity index (χ4n) is 5.73. The van der Waals surface area contributed by atoms with Gasteiger partial charge in [-0.2, -0.15) is 0 Å². The van der Waals surface area contributed by atoms with Crippen LogP contribution in [0.2, 0.25) is 0 Å². The molecule has 5 heteroatoms. The van der Waals surface area contributed by atoms with Gasteiger partial charge in [0.2, 0.25) is 0 Å². The first kappa shape index (κ1) is 23.0. The molecule has 0 saturated heterocycles. The highest BCUT2D eigenvalue weighted by Crippen LogP contribution is 2.44. The van der Waals surface area contributed by atoms with Gasteiger partial charge in [0.15, 0.2) is 5.78 Å². The van der Waals surface area contributed by atoms with Crippen molar-refractivity contribution in [3.63, 3.8) is 0 Å². The molecule has 3 aliphatic rings. The van der Waals surface area contributed by atoms with Gasteiger partial charge < -0.3 is 14.8 Å². The van der Waals surface area contributed by atoms with Gasteiger partial charge in [-0.05, 0) is 57.2 Å². The van der Waals surface area contributed by atoms with Crippen LogP contribution >= 0.6 is 0 Å². The molecule has 4 unspecified atom stereocenters. The molecular formula is C29H34N2O3. The van der Waals surface area contributed by atoms with Crippen molar-refractivity contribution in [2.45, 2.75) is 71.0 Å². The summed E-state index contributed by atoms with van der Waals surface area (Å²) in [5.74, 6) is 0.555. The molecule has 5 rings (SSSR count). The average molecular weight is 459 g/mol. The molecule has 2 N–H and O–H groups in total. The molecule has 1 aromatic carbocycles. The van der Waals surface area contributed by atoms with Gasteiger partial charge in [-0.1, -0.05) is 37.3 Å². The Kier molecular flexibility index (Phi) is 6.41. The smallest absolute Gasteiger partial charge is 0.167 e. The van der Waals surface area contributed by atoms with Gasteiger partial charge >= 0.3 is 0 Å². The first-order valence-corrected chi connectivity index (χ1v) is 12.6. The lowest BCUT2D eigenvalue weighted by molar-refractivity contribution is 0.0196. The van der Waals surface area contributed by atoms with Gasteiger partial charge in [-0.15, -0.1) is 0 Å². The van der Waals surface area contributed by atoms with E-state index in [1.165, 1.54) is 0 Å². The Morgan fingerprint density at radius 2 is 2.12 bits per heavy atom. The number of carbonyl (C=O) groups excluding carboxylic acids is 1. The molecule has 1 aromatic heterocycles. The number of aliphatic hydroxyl groups excluding tert-OH is 1. The maximum absolute atomic E-state index is 13.5. The van der Waals surface area contributed by atoms with Gasteiger partial charge in [-0.25, -0.2) is 0 Å². The van der Waals surface area contributed by atoms with Crippen LogP contribution in [0.3, 0.4) is 0 Å². The Balaban J connectivity index is 1.75. The molecule has 0 spiro atoms. The number of nitrogens with zero attached hydrogens (tertiary/aromatic N) is 1. The zero-order valence-electron chi connectivity index (χ0n) is 20.3. The summed E-state index contributed by atoms with van der Waals surface area (Å²) in [5.41, 5.74) is 8.02. The number of carbonyl (C=O) groups is 1. The number of aliphatic hydroxyl groups is 1.